The molecule has 2 heterocycles. The minimum atomic E-state index is -0.469. The highest BCUT2D eigenvalue weighted by Gasteiger charge is 2.13. The summed E-state index contributed by atoms with van der Waals surface area (Å²) in [5.74, 6) is 1.66. The van der Waals surface area contributed by atoms with Crippen molar-refractivity contribution >= 4 is 28.1 Å². The van der Waals surface area contributed by atoms with Crippen LogP contribution in [-0.4, -0.2) is 26.1 Å². The van der Waals surface area contributed by atoms with Gasteiger partial charge in [-0.05, 0) is 41.8 Å². The van der Waals surface area contributed by atoms with Crippen molar-refractivity contribution in [3.8, 4) is 17.1 Å². The summed E-state index contributed by atoms with van der Waals surface area (Å²) in [5, 5.41) is 15.3. The Labute approximate surface area is 175 Å². The average molecular weight is 422 g/mol. The van der Waals surface area contributed by atoms with Crippen LogP contribution in [0.25, 0.3) is 22.4 Å². The van der Waals surface area contributed by atoms with Crippen LogP contribution in [0.5, 0.6) is 5.75 Å². The summed E-state index contributed by atoms with van der Waals surface area (Å²) in [6, 6.07) is 13.5. The Morgan fingerprint density at radius 2 is 2.00 bits per heavy atom. The first-order valence-corrected chi connectivity index (χ1v) is 10.1. The van der Waals surface area contributed by atoms with Gasteiger partial charge in [0.1, 0.15) is 5.75 Å². The molecule has 0 saturated heterocycles. The number of ether oxygens (including phenoxy) is 1. The molecule has 0 amide bonds. The molecule has 0 fully saturated rings. The van der Waals surface area contributed by atoms with E-state index in [1.54, 1.807) is 18.2 Å². The van der Waals surface area contributed by atoms with E-state index in [9.17, 15) is 14.9 Å². The lowest BCUT2D eigenvalue weighted by Crippen LogP contribution is -2.23. The first-order chi connectivity index (χ1) is 14.4. The second kappa shape index (κ2) is 8.03. The van der Waals surface area contributed by atoms with Crippen molar-refractivity contribution in [2.24, 2.45) is 5.92 Å². The van der Waals surface area contributed by atoms with Gasteiger partial charge in [0.2, 0.25) is 4.96 Å². The van der Waals surface area contributed by atoms with E-state index < -0.39 is 4.92 Å². The molecular formula is C21H18N4O4S. The number of thiazole rings is 1. The van der Waals surface area contributed by atoms with Crippen molar-refractivity contribution in [2.75, 3.05) is 6.61 Å². The van der Waals surface area contributed by atoms with Crippen molar-refractivity contribution in [3.63, 3.8) is 0 Å². The van der Waals surface area contributed by atoms with Crippen LogP contribution in [0, 0.1) is 16.0 Å². The molecule has 4 aromatic rings. The molecule has 152 valence electrons. The lowest BCUT2D eigenvalue weighted by molar-refractivity contribution is -0.384. The summed E-state index contributed by atoms with van der Waals surface area (Å²) in [7, 11) is 0. The predicted octanol–water partition coefficient (Wildman–Crippen LogP) is 3.31. The number of nitro groups is 1. The van der Waals surface area contributed by atoms with Gasteiger partial charge in [0.05, 0.1) is 16.1 Å². The number of hydrogen-bond acceptors (Lipinski definition) is 7. The number of fused-ring (bicyclic) bond motifs is 1. The van der Waals surface area contributed by atoms with Gasteiger partial charge in [-0.2, -0.15) is 9.50 Å². The van der Waals surface area contributed by atoms with Crippen LogP contribution in [0.1, 0.15) is 19.4 Å². The zero-order chi connectivity index (χ0) is 21.3. The third-order valence-electron chi connectivity index (χ3n) is 4.26. The summed E-state index contributed by atoms with van der Waals surface area (Å²) in [6.07, 6.45) is 1.61. The molecule has 0 radical (unpaired) electrons. The van der Waals surface area contributed by atoms with Crippen LogP contribution in [0.2, 0.25) is 0 Å². The maximum atomic E-state index is 12.7. The third-order valence-corrected chi connectivity index (χ3v) is 5.22. The molecule has 30 heavy (non-hydrogen) atoms. The van der Waals surface area contributed by atoms with Crippen molar-refractivity contribution in [3.05, 3.63) is 79.1 Å². The molecule has 0 N–H and O–H groups in total. The number of nitro benzene ring substituents is 1. The molecule has 0 bridgehead atoms. The van der Waals surface area contributed by atoms with Gasteiger partial charge in [-0.15, -0.1) is 5.10 Å². The number of benzene rings is 2. The smallest absolute Gasteiger partial charge is 0.291 e. The fourth-order valence-corrected chi connectivity index (χ4v) is 3.71. The van der Waals surface area contributed by atoms with Crippen LogP contribution in [0.4, 0.5) is 5.69 Å². The first-order valence-electron chi connectivity index (χ1n) is 9.29. The zero-order valence-corrected chi connectivity index (χ0v) is 17.1. The highest BCUT2D eigenvalue weighted by molar-refractivity contribution is 7.15. The Balaban J connectivity index is 1.63. The summed E-state index contributed by atoms with van der Waals surface area (Å²) >= 11 is 1.19. The Hall–Kier alpha value is -3.59. The van der Waals surface area contributed by atoms with E-state index in [4.69, 9.17) is 4.74 Å². The minimum Gasteiger partial charge on any atom is -0.493 e. The van der Waals surface area contributed by atoms with E-state index >= 15 is 0 Å². The van der Waals surface area contributed by atoms with Gasteiger partial charge in [-0.25, -0.2) is 0 Å². The van der Waals surface area contributed by atoms with Gasteiger partial charge >= 0.3 is 0 Å². The second-order valence-corrected chi connectivity index (χ2v) is 8.14. The van der Waals surface area contributed by atoms with Crippen molar-refractivity contribution < 1.29 is 9.66 Å². The molecule has 0 aliphatic heterocycles. The molecular weight excluding hydrogens is 404 g/mol. The first kappa shape index (κ1) is 19.7. The molecule has 9 heteroatoms. The van der Waals surface area contributed by atoms with E-state index in [0.717, 1.165) is 11.3 Å². The lowest BCUT2D eigenvalue weighted by atomic mass is 10.2. The van der Waals surface area contributed by atoms with Gasteiger partial charge in [-0.3, -0.25) is 14.9 Å². The maximum Gasteiger partial charge on any atom is 0.291 e. The van der Waals surface area contributed by atoms with Crippen molar-refractivity contribution in [2.45, 2.75) is 13.8 Å². The molecule has 0 atom stereocenters. The summed E-state index contributed by atoms with van der Waals surface area (Å²) in [5.41, 5.74) is 1.02. The molecule has 8 nitrogen and oxygen atoms in total. The fourth-order valence-electron chi connectivity index (χ4n) is 2.80. The molecule has 0 aliphatic carbocycles. The maximum absolute atomic E-state index is 12.7. The summed E-state index contributed by atoms with van der Waals surface area (Å²) in [4.78, 5) is 28.1. The van der Waals surface area contributed by atoms with Crippen molar-refractivity contribution in [1.29, 1.82) is 0 Å². The highest BCUT2D eigenvalue weighted by atomic mass is 32.1. The third kappa shape index (κ3) is 4.06. The number of aromatic nitrogens is 3. The van der Waals surface area contributed by atoms with E-state index in [1.165, 1.54) is 28.0 Å². The SMILES string of the molecule is CC(C)COc1ccc(-c2nc3s/c(=C\c4cccc([N+](=O)[O-])c4)c(=O)n3n2)cc1. The predicted molar refractivity (Wildman–Crippen MR) is 115 cm³/mol. The average Bonchev–Trinajstić information content (AvgIpc) is 3.27. The van der Waals surface area contributed by atoms with Crippen LogP contribution < -0.4 is 14.8 Å². The Bertz CT molecular complexity index is 1330. The van der Waals surface area contributed by atoms with Gasteiger partial charge in [0, 0.05) is 17.7 Å². The van der Waals surface area contributed by atoms with E-state index in [-0.39, 0.29) is 11.2 Å². The minimum absolute atomic E-state index is 0.0289. The highest BCUT2D eigenvalue weighted by Crippen LogP contribution is 2.21. The topological polar surface area (TPSA) is 99.6 Å². The van der Waals surface area contributed by atoms with E-state index in [0.29, 0.717) is 33.4 Å². The monoisotopic (exact) mass is 422 g/mol. The molecule has 2 aromatic heterocycles. The van der Waals surface area contributed by atoms with Crippen LogP contribution >= 0.6 is 11.3 Å². The quantitative estimate of drug-likeness (QED) is 0.349. The van der Waals surface area contributed by atoms with Crippen LogP contribution in [0.3, 0.4) is 0 Å². The Morgan fingerprint density at radius 3 is 2.67 bits per heavy atom. The number of hydrogen-bond donors (Lipinski definition) is 0. The van der Waals surface area contributed by atoms with Crippen LogP contribution in [-0.2, 0) is 0 Å². The van der Waals surface area contributed by atoms with Gasteiger partial charge in [0.15, 0.2) is 5.82 Å². The Morgan fingerprint density at radius 1 is 1.23 bits per heavy atom. The summed E-state index contributed by atoms with van der Waals surface area (Å²) in [6.45, 7) is 4.81. The molecule has 4 rings (SSSR count). The number of non-ortho nitro benzene ring substituents is 1. The molecule has 0 saturated carbocycles. The molecule has 0 unspecified atom stereocenters. The normalized spacial score (nSPS) is 12.0. The molecule has 0 spiro atoms. The van der Waals surface area contributed by atoms with E-state index in [2.05, 4.69) is 23.9 Å². The number of nitrogens with zero attached hydrogens (tertiary/aromatic N) is 4. The van der Waals surface area contributed by atoms with Gasteiger partial charge < -0.3 is 4.74 Å². The molecule has 2 aromatic carbocycles. The standard InChI is InChI=1S/C21H18N4O4S/c1-13(2)12-29-17-8-6-15(7-9-17)19-22-21-24(23-19)20(26)18(30-21)11-14-4-3-5-16(10-14)25(27)28/h3-11,13H,12H2,1-2H3/b18-11-. The van der Waals surface area contributed by atoms with Crippen molar-refractivity contribution in [1.82, 2.24) is 14.6 Å². The largest absolute Gasteiger partial charge is 0.493 e. The van der Waals surface area contributed by atoms with Gasteiger partial charge in [-0.1, -0.05) is 37.3 Å². The Kier molecular flexibility index (Phi) is 5.28. The van der Waals surface area contributed by atoms with Gasteiger partial charge in [0.25, 0.3) is 11.2 Å². The fraction of sp³-hybridized carbons (Fsp3) is 0.190. The molecule has 0 aliphatic rings. The zero-order valence-electron chi connectivity index (χ0n) is 16.3. The second-order valence-electron chi connectivity index (χ2n) is 7.13. The summed E-state index contributed by atoms with van der Waals surface area (Å²) < 4.78 is 7.34. The van der Waals surface area contributed by atoms with Crippen LogP contribution in [0.15, 0.2) is 53.3 Å². The number of rotatable bonds is 6. The van der Waals surface area contributed by atoms with E-state index in [1.807, 2.05) is 24.3 Å². The lowest BCUT2D eigenvalue weighted by Gasteiger charge is -2.08.